The molecule has 0 bridgehead atoms. The Labute approximate surface area is 126 Å². The van der Waals surface area contributed by atoms with Crippen molar-refractivity contribution in [2.75, 3.05) is 31.6 Å². The molecule has 112 valence electrons. The average molecular weight is 285 g/mol. The lowest BCUT2D eigenvalue weighted by Crippen LogP contribution is -2.28. The minimum Gasteiger partial charge on any atom is -0.495 e. The van der Waals surface area contributed by atoms with Gasteiger partial charge in [-0.1, -0.05) is 18.2 Å². The molecule has 0 atom stereocenters. The van der Waals surface area contributed by atoms with Crippen LogP contribution < -0.4 is 15.4 Å². The first kappa shape index (κ1) is 15.3. The van der Waals surface area contributed by atoms with E-state index in [1.807, 2.05) is 30.5 Å². The number of benzene rings is 1. The second kappa shape index (κ2) is 8.27. The van der Waals surface area contributed by atoms with E-state index in [2.05, 4.69) is 22.0 Å². The van der Waals surface area contributed by atoms with Crippen molar-refractivity contribution in [1.29, 1.82) is 0 Å². The summed E-state index contributed by atoms with van der Waals surface area (Å²) < 4.78 is 5.47. The Morgan fingerprint density at radius 1 is 1.14 bits per heavy atom. The van der Waals surface area contributed by atoms with Gasteiger partial charge in [0.2, 0.25) is 0 Å². The summed E-state index contributed by atoms with van der Waals surface area (Å²) >= 11 is 0. The number of ether oxygens (including phenoxy) is 1. The van der Waals surface area contributed by atoms with Crippen LogP contribution >= 0.6 is 0 Å². The molecule has 21 heavy (non-hydrogen) atoms. The highest BCUT2D eigenvalue weighted by Gasteiger charge is 2.11. The molecular formula is C17H23N3O. The molecule has 0 amide bonds. The molecular weight excluding hydrogens is 262 g/mol. The summed E-state index contributed by atoms with van der Waals surface area (Å²) in [5.74, 6) is 0.903. The van der Waals surface area contributed by atoms with E-state index in [-0.39, 0.29) is 0 Å². The highest BCUT2D eigenvalue weighted by atomic mass is 16.5. The quantitative estimate of drug-likeness (QED) is 0.809. The smallest absolute Gasteiger partial charge is 0.142 e. The van der Waals surface area contributed by atoms with Crippen LogP contribution in [-0.2, 0) is 6.42 Å². The molecule has 2 aromatic rings. The maximum atomic E-state index is 5.66. The number of methoxy groups -OCH3 is 1. The molecule has 0 fully saturated rings. The number of hydrogen-bond donors (Lipinski definition) is 1. The molecule has 0 aliphatic rings. The normalized spacial score (nSPS) is 10.4. The fraction of sp³-hybridized carbons (Fsp3) is 0.353. The summed E-state index contributed by atoms with van der Waals surface area (Å²) in [7, 11) is 1.71. The highest BCUT2D eigenvalue weighted by Crippen LogP contribution is 2.27. The van der Waals surface area contributed by atoms with E-state index in [9.17, 15) is 0 Å². The number of pyridine rings is 1. The van der Waals surface area contributed by atoms with Crippen molar-refractivity contribution in [3.8, 4) is 5.75 Å². The molecule has 1 aromatic heterocycles. The van der Waals surface area contributed by atoms with Crippen LogP contribution in [0.3, 0.4) is 0 Å². The molecule has 1 aromatic carbocycles. The minimum absolute atomic E-state index is 0.693. The number of rotatable bonds is 8. The van der Waals surface area contributed by atoms with Crippen molar-refractivity contribution < 1.29 is 4.74 Å². The fourth-order valence-electron chi connectivity index (χ4n) is 2.34. The number of aromatic nitrogens is 1. The number of nitrogens with two attached hydrogens (primary N) is 1. The lowest BCUT2D eigenvalue weighted by molar-refractivity contribution is 0.414. The van der Waals surface area contributed by atoms with E-state index >= 15 is 0 Å². The second-order valence-corrected chi connectivity index (χ2v) is 4.91. The molecule has 2 rings (SSSR count). The van der Waals surface area contributed by atoms with Crippen LogP contribution in [0.5, 0.6) is 5.75 Å². The van der Waals surface area contributed by atoms with Gasteiger partial charge >= 0.3 is 0 Å². The van der Waals surface area contributed by atoms with Crippen molar-refractivity contribution in [2.24, 2.45) is 5.73 Å². The van der Waals surface area contributed by atoms with Crippen molar-refractivity contribution in [3.05, 3.63) is 54.4 Å². The molecule has 0 spiro atoms. The monoisotopic (exact) mass is 285 g/mol. The van der Waals surface area contributed by atoms with Gasteiger partial charge in [0.05, 0.1) is 12.8 Å². The van der Waals surface area contributed by atoms with E-state index < -0.39 is 0 Å². The van der Waals surface area contributed by atoms with E-state index in [1.165, 1.54) is 5.56 Å². The van der Waals surface area contributed by atoms with Crippen molar-refractivity contribution in [3.63, 3.8) is 0 Å². The lowest BCUT2D eigenvalue weighted by atomic mass is 10.1. The Bertz CT molecular complexity index is 531. The molecule has 2 N–H and O–H groups in total. The summed E-state index contributed by atoms with van der Waals surface area (Å²) in [6.07, 6.45) is 5.64. The predicted octanol–water partition coefficient (Wildman–Crippen LogP) is 2.49. The first-order valence-electron chi connectivity index (χ1n) is 7.32. The van der Waals surface area contributed by atoms with Crippen LogP contribution in [0.1, 0.15) is 12.0 Å². The van der Waals surface area contributed by atoms with Gasteiger partial charge in [-0.15, -0.1) is 0 Å². The Hall–Kier alpha value is -2.07. The molecule has 0 unspecified atom stereocenters. The molecule has 4 nitrogen and oxygen atoms in total. The van der Waals surface area contributed by atoms with Crippen LogP contribution in [0.15, 0.2) is 48.8 Å². The van der Waals surface area contributed by atoms with Gasteiger partial charge in [-0.25, -0.2) is 0 Å². The summed E-state index contributed by atoms with van der Waals surface area (Å²) in [5, 5.41) is 0. The van der Waals surface area contributed by atoms with Gasteiger partial charge < -0.3 is 15.4 Å². The standard InChI is InChI=1S/C17H23N3O/c1-21-17-8-3-2-7-16(17)20(12-5-10-18)13-9-15-6-4-11-19-14-15/h2-4,6-8,11,14H,5,9-10,12-13,18H2,1H3. The zero-order valence-corrected chi connectivity index (χ0v) is 12.5. The van der Waals surface area contributed by atoms with Gasteiger partial charge in [0, 0.05) is 25.5 Å². The maximum Gasteiger partial charge on any atom is 0.142 e. The third-order valence-corrected chi connectivity index (χ3v) is 3.45. The first-order valence-corrected chi connectivity index (χ1v) is 7.32. The molecule has 0 saturated carbocycles. The highest BCUT2D eigenvalue weighted by molar-refractivity contribution is 5.58. The van der Waals surface area contributed by atoms with Crippen LogP contribution in [0.4, 0.5) is 5.69 Å². The number of anilines is 1. The summed E-state index contributed by atoms with van der Waals surface area (Å²) in [5.41, 5.74) is 8.03. The molecule has 0 saturated heterocycles. The number of nitrogens with zero attached hydrogens (tertiary/aromatic N) is 2. The third kappa shape index (κ3) is 4.46. The summed E-state index contributed by atoms with van der Waals surface area (Å²) in [6, 6.07) is 12.2. The lowest BCUT2D eigenvalue weighted by Gasteiger charge is -2.26. The van der Waals surface area contributed by atoms with Crippen LogP contribution in [0.25, 0.3) is 0 Å². The van der Waals surface area contributed by atoms with Gasteiger partial charge in [-0.05, 0) is 43.1 Å². The molecule has 0 radical (unpaired) electrons. The average Bonchev–Trinajstić information content (AvgIpc) is 2.56. The summed E-state index contributed by atoms with van der Waals surface area (Å²) in [4.78, 5) is 6.50. The Kier molecular flexibility index (Phi) is 6.03. The molecule has 0 aliphatic carbocycles. The zero-order valence-electron chi connectivity index (χ0n) is 12.5. The van der Waals surface area contributed by atoms with E-state index in [1.54, 1.807) is 13.3 Å². The second-order valence-electron chi connectivity index (χ2n) is 4.91. The maximum absolute atomic E-state index is 5.66. The van der Waals surface area contributed by atoms with Gasteiger partial charge in [0.25, 0.3) is 0 Å². The van der Waals surface area contributed by atoms with Gasteiger partial charge in [0.15, 0.2) is 0 Å². The SMILES string of the molecule is COc1ccccc1N(CCCN)CCc1cccnc1. The number of para-hydroxylation sites is 2. The third-order valence-electron chi connectivity index (χ3n) is 3.45. The molecule has 1 heterocycles. The molecule has 0 aliphatic heterocycles. The van der Waals surface area contributed by atoms with Gasteiger partial charge in [0.1, 0.15) is 5.75 Å². The van der Waals surface area contributed by atoms with Crippen LogP contribution in [0, 0.1) is 0 Å². The Morgan fingerprint density at radius 3 is 2.71 bits per heavy atom. The van der Waals surface area contributed by atoms with Crippen molar-refractivity contribution >= 4 is 5.69 Å². The summed E-state index contributed by atoms with van der Waals surface area (Å²) in [6.45, 7) is 2.54. The van der Waals surface area contributed by atoms with Crippen LogP contribution in [-0.4, -0.2) is 31.7 Å². The van der Waals surface area contributed by atoms with E-state index in [4.69, 9.17) is 10.5 Å². The predicted molar refractivity (Wildman–Crippen MR) is 86.8 cm³/mol. The molecule has 4 heteroatoms. The topological polar surface area (TPSA) is 51.4 Å². The van der Waals surface area contributed by atoms with E-state index in [0.29, 0.717) is 6.54 Å². The van der Waals surface area contributed by atoms with Gasteiger partial charge in [-0.2, -0.15) is 0 Å². The largest absolute Gasteiger partial charge is 0.495 e. The van der Waals surface area contributed by atoms with Gasteiger partial charge in [-0.3, -0.25) is 4.98 Å². The zero-order chi connectivity index (χ0) is 14.9. The Morgan fingerprint density at radius 2 is 2.00 bits per heavy atom. The minimum atomic E-state index is 0.693. The number of hydrogen-bond acceptors (Lipinski definition) is 4. The van der Waals surface area contributed by atoms with Crippen molar-refractivity contribution in [2.45, 2.75) is 12.8 Å². The first-order chi connectivity index (χ1) is 10.3. The fourth-order valence-corrected chi connectivity index (χ4v) is 2.34. The van der Waals surface area contributed by atoms with Crippen molar-refractivity contribution in [1.82, 2.24) is 4.98 Å². The van der Waals surface area contributed by atoms with E-state index in [0.717, 1.165) is 37.4 Å². The van der Waals surface area contributed by atoms with Crippen LogP contribution in [0.2, 0.25) is 0 Å². The Balaban J connectivity index is 2.10.